The number of H-pyrrole nitrogens is 1. The highest BCUT2D eigenvalue weighted by molar-refractivity contribution is 9.10. The van der Waals surface area contributed by atoms with Gasteiger partial charge >= 0.3 is 0 Å². The van der Waals surface area contributed by atoms with Gasteiger partial charge in [0.2, 0.25) is 0 Å². The van der Waals surface area contributed by atoms with Gasteiger partial charge in [0, 0.05) is 5.69 Å². The number of aryl methyl sites for hydroxylation is 1. The lowest BCUT2D eigenvalue weighted by Gasteiger charge is -1.94. The second-order valence-electron chi connectivity index (χ2n) is 2.23. The van der Waals surface area contributed by atoms with E-state index in [1.807, 2.05) is 0 Å². The van der Waals surface area contributed by atoms with Crippen molar-refractivity contribution in [3.05, 3.63) is 20.5 Å². The SMILES string of the molecule is Cc1[nH]n(CCO)c(=O)c1Br. The van der Waals surface area contributed by atoms with E-state index in [9.17, 15) is 4.79 Å². The number of rotatable bonds is 2. The predicted molar refractivity (Wildman–Crippen MR) is 44.6 cm³/mol. The highest BCUT2D eigenvalue weighted by Crippen LogP contribution is 2.06. The van der Waals surface area contributed by atoms with Crippen molar-refractivity contribution >= 4 is 15.9 Å². The highest BCUT2D eigenvalue weighted by atomic mass is 79.9. The molecule has 0 saturated carbocycles. The molecule has 62 valence electrons. The third-order valence-electron chi connectivity index (χ3n) is 1.39. The maximum Gasteiger partial charge on any atom is 0.281 e. The molecule has 0 atom stereocenters. The molecule has 11 heavy (non-hydrogen) atoms. The number of aliphatic hydroxyl groups is 1. The summed E-state index contributed by atoms with van der Waals surface area (Å²) in [6.07, 6.45) is 0. The summed E-state index contributed by atoms with van der Waals surface area (Å²) < 4.78 is 1.89. The summed E-state index contributed by atoms with van der Waals surface area (Å²) >= 11 is 3.12. The maximum atomic E-state index is 11.2. The fourth-order valence-corrected chi connectivity index (χ4v) is 1.14. The molecule has 0 saturated heterocycles. The number of nitrogens with zero attached hydrogens (tertiary/aromatic N) is 1. The minimum Gasteiger partial charge on any atom is -0.394 e. The Kier molecular flexibility index (Phi) is 2.51. The van der Waals surface area contributed by atoms with Crippen molar-refractivity contribution in [3.63, 3.8) is 0 Å². The van der Waals surface area contributed by atoms with Crippen molar-refractivity contribution in [2.75, 3.05) is 6.61 Å². The number of hydrogen-bond donors (Lipinski definition) is 2. The largest absolute Gasteiger partial charge is 0.394 e. The molecular formula is C6H9BrN2O2. The Morgan fingerprint density at radius 3 is 2.73 bits per heavy atom. The fraction of sp³-hybridized carbons (Fsp3) is 0.500. The standard InChI is InChI=1S/C6H9BrN2O2/c1-4-5(7)6(11)9(8-4)2-3-10/h8,10H,2-3H2,1H3. The Bertz CT molecular complexity index is 302. The Morgan fingerprint density at radius 2 is 2.36 bits per heavy atom. The van der Waals surface area contributed by atoms with E-state index in [1.54, 1.807) is 6.92 Å². The predicted octanol–water partition coefficient (Wildman–Crippen LogP) is 0.240. The molecule has 1 aromatic heterocycles. The molecule has 0 aliphatic carbocycles. The Labute approximate surface area is 72.0 Å². The molecule has 0 aliphatic rings. The zero-order chi connectivity index (χ0) is 8.43. The summed E-state index contributed by atoms with van der Waals surface area (Å²) in [6.45, 7) is 2.07. The summed E-state index contributed by atoms with van der Waals surface area (Å²) in [7, 11) is 0. The van der Waals surface area contributed by atoms with Crippen molar-refractivity contribution in [1.82, 2.24) is 9.78 Å². The van der Waals surface area contributed by atoms with E-state index in [1.165, 1.54) is 4.68 Å². The average Bonchev–Trinajstić information content (AvgIpc) is 2.19. The lowest BCUT2D eigenvalue weighted by atomic mass is 10.5. The molecule has 1 aromatic rings. The second-order valence-corrected chi connectivity index (χ2v) is 3.02. The molecular weight excluding hydrogens is 212 g/mol. The summed E-state index contributed by atoms with van der Waals surface area (Å²) in [5.41, 5.74) is 0.653. The topological polar surface area (TPSA) is 58.0 Å². The van der Waals surface area contributed by atoms with Crippen LogP contribution in [0, 0.1) is 6.92 Å². The third kappa shape index (κ3) is 1.54. The fourth-order valence-electron chi connectivity index (χ4n) is 0.839. The van der Waals surface area contributed by atoms with Crippen LogP contribution in [0.4, 0.5) is 0 Å². The number of aliphatic hydroxyl groups excluding tert-OH is 1. The van der Waals surface area contributed by atoms with Gasteiger partial charge in [0.15, 0.2) is 0 Å². The van der Waals surface area contributed by atoms with E-state index < -0.39 is 0 Å². The zero-order valence-corrected chi connectivity index (χ0v) is 7.68. The van der Waals surface area contributed by atoms with Gasteiger partial charge in [-0.15, -0.1) is 0 Å². The normalized spacial score (nSPS) is 10.5. The van der Waals surface area contributed by atoms with Crippen LogP contribution in [-0.2, 0) is 6.54 Å². The van der Waals surface area contributed by atoms with E-state index in [0.29, 0.717) is 11.0 Å². The zero-order valence-electron chi connectivity index (χ0n) is 6.09. The Hall–Kier alpha value is -0.550. The first-order valence-electron chi connectivity index (χ1n) is 3.22. The Balaban J connectivity index is 3.09. The lowest BCUT2D eigenvalue weighted by Crippen LogP contribution is -2.18. The van der Waals surface area contributed by atoms with Crippen LogP contribution in [-0.4, -0.2) is 21.5 Å². The van der Waals surface area contributed by atoms with Gasteiger partial charge in [-0.2, -0.15) is 0 Å². The monoisotopic (exact) mass is 220 g/mol. The summed E-state index contributed by atoms with van der Waals surface area (Å²) in [5.74, 6) is 0. The van der Waals surface area contributed by atoms with Gasteiger partial charge in [-0.3, -0.25) is 9.89 Å². The highest BCUT2D eigenvalue weighted by Gasteiger charge is 2.05. The molecule has 0 radical (unpaired) electrons. The molecule has 0 fully saturated rings. The van der Waals surface area contributed by atoms with Crippen molar-refractivity contribution < 1.29 is 5.11 Å². The Morgan fingerprint density at radius 1 is 1.73 bits per heavy atom. The van der Waals surface area contributed by atoms with Crippen molar-refractivity contribution in [1.29, 1.82) is 0 Å². The van der Waals surface area contributed by atoms with Crippen molar-refractivity contribution in [2.45, 2.75) is 13.5 Å². The van der Waals surface area contributed by atoms with Crippen LogP contribution in [0.1, 0.15) is 5.69 Å². The van der Waals surface area contributed by atoms with Crippen LogP contribution in [0.2, 0.25) is 0 Å². The maximum absolute atomic E-state index is 11.2. The van der Waals surface area contributed by atoms with Crippen LogP contribution >= 0.6 is 15.9 Å². The number of aromatic nitrogens is 2. The number of halogens is 1. The number of aromatic amines is 1. The number of hydrogen-bond acceptors (Lipinski definition) is 2. The van der Waals surface area contributed by atoms with E-state index in [-0.39, 0.29) is 12.2 Å². The van der Waals surface area contributed by atoms with Crippen LogP contribution in [0.5, 0.6) is 0 Å². The summed E-state index contributed by atoms with van der Waals surface area (Å²) in [4.78, 5) is 11.2. The van der Waals surface area contributed by atoms with Crippen LogP contribution in [0.25, 0.3) is 0 Å². The molecule has 5 heteroatoms. The van der Waals surface area contributed by atoms with Gasteiger partial charge in [-0.1, -0.05) is 0 Å². The minimum absolute atomic E-state index is 0.0354. The molecule has 0 aromatic carbocycles. The van der Waals surface area contributed by atoms with Crippen LogP contribution in [0.15, 0.2) is 9.27 Å². The molecule has 2 N–H and O–H groups in total. The smallest absolute Gasteiger partial charge is 0.281 e. The van der Waals surface area contributed by atoms with Crippen LogP contribution < -0.4 is 5.56 Å². The van der Waals surface area contributed by atoms with Crippen molar-refractivity contribution in [3.8, 4) is 0 Å². The summed E-state index contributed by atoms with van der Waals surface area (Å²) in [6, 6.07) is 0. The van der Waals surface area contributed by atoms with Gasteiger partial charge in [-0.05, 0) is 22.9 Å². The second kappa shape index (κ2) is 3.23. The van der Waals surface area contributed by atoms with Gasteiger partial charge in [0.25, 0.3) is 5.56 Å². The molecule has 4 nitrogen and oxygen atoms in total. The van der Waals surface area contributed by atoms with Gasteiger partial charge in [-0.25, -0.2) is 4.68 Å². The molecule has 0 amide bonds. The van der Waals surface area contributed by atoms with Crippen LogP contribution in [0.3, 0.4) is 0 Å². The van der Waals surface area contributed by atoms with E-state index in [2.05, 4.69) is 21.0 Å². The molecule has 1 heterocycles. The van der Waals surface area contributed by atoms with Gasteiger partial charge < -0.3 is 5.11 Å². The average molecular weight is 221 g/mol. The van der Waals surface area contributed by atoms with Crippen molar-refractivity contribution in [2.24, 2.45) is 0 Å². The molecule has 0 aliphatic heterocycles. The van der Waals surface area contributed by atoms with Gasteiger partial charge in [0.1, 0.15) is 4.47 Å². The quantitative estimate of drug-likeness (QED) is 0.751. The van der Waals surface area contributed by atoms with E-state index in [0.717, 1.165) is 5.69 Å². The van der Waals surface area contributed by atoms with E-state index >= 15 is 0 Å². The molecule has 0 unspecified atom stereocenters. The molecule has 0 bridgehead atoms. The first-order chi connectivity index (χ1) is 5.16. The summed E-state index contributed by atoms with van der Waals surface area (Å²) in [5, 5.41) is 11.4. The van der Waals surface area contributed by atoms with Gasteiger partial charge in [0.05, 0.1) is 13.2 Å². The lowest BCUT2D eigenvalue weighted by molar-refractivity contribution is 0.267. The first-order valence-corrected chi connectivity index (χ1v) is 4.02. The molecule has 0 spiro atoms. The molecule has 1 rings (SSSR count). The number of nitrogens with one attached hydrogen (secondary N) is 1. The first kappa shape index (κ1) is 8.55. The third-order valence-corrected chi connectivity index (χ3v) is 2.32. The van der Waals surface area contributed by atoms with E-state index in [4.69, 9.17) is 5.11 Å². The minimum atomic E-state index is -0.128.